The SMILES string of the molecule is CC(C)(C)c1ccc2c(c1)C1(C)CCCCC1(C)N2c1cc2c3c(c1)N(c1cccc4c1sc1ccccc14)c1cc4c(cc1B3c1cc3c(cc1N2c1ccc2c(c1)C(C)(C)CCC2(C)C)C(C)(C)CCC3(C)C)oc1ccccc14. The molecule has 0 amide bonds. The third-order valence-electron chi connectivity index (χ3n) is 22.5. The van der Waals surface area contributed by atoms with Gasteiger partial charge in [-0.15, -0.1) is 11.3 Å². The van der Waals surface area contributed by atoms with Crippen molar-refractivity contribution in [3.8, 4) is 0 Å². The predicted molar refractivity (Wildman–Crippen MR) is 353 cm³/mol. The lowest BCUT2D eigenvalue weighted by atomic mass is 9.33. The molecule has 0 radical (unpaired) electrons. The highest BCUT2D eigenvalue weighted by molar-refractivity contribution is 7.26. The van der Waals surface area contributed by atoms with E-state index in [4.69, 9.17) is 4.42 Å². The fourth-order valence-corrected chi connectivity index (χ4v) is 18.4. The van der Waals surface area contributed by atoms with Crippen LogP contribution in [0.2, 0.25) is 0 Å². The molecule has 6 aliphatic rings. The average molecular weight is 1090 g/mol. The van der Waals surface area contributed by atoms with Crippen LogP contribution in [0.15, 0.2) is 144 Å². The summed E-state index contributed by atoms with van der Waals surface area (Å²) in [4.78, 5) is 8.36. The van der Waals surface area contributed by atoms with Crippen LogP contribution in [0.3, 0.4) is 0 Å². The van der Waals surface area contributed by atoms with Gasteiger partial charge in [-0.25, -0.2) is 0 Å². The van der Waals surface area contributed by atoms with Crippen molar-refractivity contribution in [1.29, 1.82) is 0 Å². The zero-order valence-electron chi connectivity index (χ0n) is 50.7. The van der Waals surface area contributed by atoms with E-state index >= 15 is 0 Å². The molecule has 16 rings (SSSR count). The number of para-hydroxylation sites is 1. The Labute approximate surface area is 490 Å². The van der Waals surface area contributed by atoms with Gasteiger partial charge in [-0.2, -0.15) is 0 Å². The first-order valence-corrected chi connectivity index (χ1v) is 31.7. The number of anilines is 8. The van der Waals surface area contributed by atoms with Gasteiger partial charge in [0.1, 0.15) is 11.2 Å². The number of hydrogen-bond donors (Lipinski definition) is 0. The summed E-state index contributed by atoms with van der Waals surface area (Å²) < 4.78 is 9.63. The van der Waals surface area contributed by atoms with Gasteiger partial charge in [-0.3, -0.25) is 0 Å². The maximum absolute atomic E-state index is 7.00. The van der Waals surface area contributed by atoms with Crippen molar-refractivity contribution < 1.29 is 4.42 Å². The second-order valence-corrected chi connectivity index (χ2v) is 31.2. The van der Waals surface area contributed by atoms with Gasteiger partial charge in [0.15, 0.2) is 0 Å². The van der Waals surface area contributed by atoms with Crippen LogP contribution in [-0.4, -0.2) is 12.3 Å². The summed E-state index contributed by atoms with van der Waals surface area (Å²) in [6.07, 6.45) is 9.38. The Morgan fingerprint density at radius 3 is 1.80 bits per heavy atom. The second kappa shape index (κ2) is 16.5. The molecule has 4 nitrogen and oxygen atoms in total. The zero-order chi connectivity index (χ0) is 56.6. The van der Waals surface area contributed by atoms with Gasteiger partial charge in [0.05, 0.1) is 15.9 Å². The molecule has 2 unspecified atom stereocenters. The van der Waals surface area contributed by atoms with Gasteiger partial charge < -0.3 is 19.1 Å². The van der Waals surface area contributed by atoms with Crippen LogP contribution < -0.4 is 31.1 Å². The number of hydrogen-bond acceptors (Lipinski definition) is 5. The summed E-state index contributed by atoms with van der Waals surface area (Å²) >= 11 is 1.93. The second-order valence-electron chi connectivity index (χ2n) is 30.1. The largest absolute Gasteiger partial charge is 0.456 e. The van der Waals surface area contributed by atoms with Crippen molar-refractivity contribution in [2.24, 2.45) is 0 Å². The van der Waals surface area contributed by atoms with Crippen molar-refractivity contribution in [3.05, 3.63) is 173 Å². The molecule has 0 spiro atoms. The Morgan fingerprint density at radius 2 is 1.06 bits per heavy atom. The van der Waals surface area contributed by atoms with E-state index in [9.17, 15) is 0 Å². The van der Waals surface area contributed by atoms with E-state index in [2.05, 4.69) is 244 Å². The van der Waals surface area contributed by atoms with Gasteiger partial charge in [-0.05, 0) is 189 Å². The van der Waals surface area contributed by atoms with Crippen LogP contribution in [0.5, 0.6) is 0 Å². The fraction of sp³-hybridized carbons (Fsp3) is 0.368. The summed E-state index contributed by atoms with van der Waals surface area (Å²) in [5, 5.41) is 4.92. The Morgan fingerprint density at radius 1 is 0.439 bits per heavy atom. The van der Waals surface area contributed by atoms with Gasteiger partial charge in [0.2, 0.25) is 0 Å². The smallest absolute Gasteiger partial charge is 0.252 e. The number of fused-ring (bicyclic) bond motifs is 15. The third-order valence-corrected chi connectivity index (χ3v) is 23.7. The molecule has 1 fully saturated rings. The molecule has 10 aromatic rings. The van der Waals surface area contributed by atoms with Crippen molar-refractivity contribution in [3.63, 3.8) is 0 Å². The molecule has 82 heavy (non-hydrogen) atoms. The number of nitrogens with zero attached hydrogens (tertiary/aromatic N) is 3. The van der Waals surface area contributed by atoms with Crippen LogP contribution in [0, 0.1) is 0 Å². The lowest BCUT2D eigenvalue weighted by molar-refractivity contribution is 0.195. The Bertz CT molecular complexity index is 4430. The van der Waals surface area contributed by atoms with Gasteiger partial charge in [-0.1, -0.05) is 169 Å². The van der Waals surface area contributed by atoms with E-state index in [0.29, 0.717) is 0 Å². The first kappa shape index (κ1) is 50.9. The van der Waals surface area contributed by atoms with E-state index < -0.39 is 0 Å². The van der Waals surface area contributed by atoms with Crippen molar-refractivity contribution in [2.75, 3.05) is 14.7 Å². The lowest BCUT2D eigenvalue weighted by Gasteiger charge is -2.51. The van der Waals surface area contributed by atoms with E-state index in [0.717, 1.165) is 47.6 Å². The van der Waals surface area contributed by atoms with Crippen LogP contribution >= 0.6 is 11.3 Å². The molecule has 2 aromatic heterocycles. The molecule has 0 N–H and O–H groups in total. The quantitative estimate of drug-likeness (QED) is 0.165. The minimum absolute atomic E-state index is 0.000237. The van der Waals surface area contributed by atoms with Crippen LogP contribution in [0.1, 0.15) is 175 Å². The Kier molecular flexibility index (Phi) is 10.3. The Hall–Kier alpha value is -6.76. The highest BCUT2D eigenvalue weighted by Crippen LogP contribution is 2.63. The molecule has 1 saturated carbocycles. The number of benzene rings is 8. The number of thiophene rings is 1. The van der Waals surface area contributed by atoms with Crippen LogP contribution in [0.25, 0.3) is 42.1 Å². The Balaban J connectivity index is 1.08. The summed E-state index contributed by atoms with van der Waals surface area (Å²) in [7, 11) is 0. The molecular formula is C76H78BN3OS. The minimum atomic E-state index is -0.178. The number of furan rings is 1. The topological polar surface area (TPSA) is 22.9 Å². The monoisotopic (exact) mass is 1090 g/mol. The first-order chi connectivity index (χ1) is 39.0. The zero-order valence-corrected chi connectivity index (χ0v) is 51.5. The van der Waals surface area contributed by atoms with Crippen molar-refractivity contribution >= 4 is 122 Å². The first-order valence-electron chi connectivity index (χ1n) is 30.9. The molecule has 6 heteroatoms. The van der Waals surface area contributed by atoms with Gasteiger partial charge in [0, 0.05) is 71.5 Å². The minimum Gasteiger partial charge on any atom is -0.456 e. The lowest BCUT2D eigenvalue weighted by Crippen LogP contribution is -2.62. The highest BCUT2D eigenvalue weighted by atomic mass is 32.1. The number of rotatable bonds is 3. The normalized spacial score (nSPS) is 22.5. The average Bonchev–Trinajstić information content (AvgIpc) is 1.54. The molecule has 2 atom stereocenters. The third kappa shape index (κ3) is 6.79. The summed E-state index contributed by atoms with van der Waals surface area (Å²) in [5.74, 6) is 0. The molecular weight excluding hydrogens is 1010 g/mol. The van der Waals surface area contributed by atoms with Crippen LogP contribution in [-0.2, 0) is 32.5 Å². The summed E-state index contributed by atoms with van der Waals surface area (Å²) in [6, 6.07) is 55.8. The molecule has 3 aliphatic carbocycles. The maximum atomic E-state index is 7.00. The molecule has 0 bridgehead atoms. The van der Waals surface area contributed by atoms with Crippen molar-refractivity contribution in [1.82, 2.24) is 0 Å². The molecule has 5 heterocycles. The molecule has 8 aromatic carbocycles. The highest BCUT2D eigenvalue weighted by Gasteiger charge is 2.59. The van der Waals surface area contributed by atoms with Crippen LogP contribution in [0.4, 0.5) is 45.5 Å². The molecule has 412 valence electrons. The maximum Gasteiger partial charge on any atom is 0.252 e. The van der Waals surface area contributed by atoms with Gasteiger partial charge >= 0.3 is 0 Å². The molecule has 0 saturated heterocycles. The fourth-order valence-electron chi connectivity index (χ4n) is 17.2. The van der Waals surface area contributed by atoms with E-state index in [1.54, 1.807) is 0 Å². The van der Waals surface area contributed by atoms with E-state index in [-0.39, 0.29) is 44.7 Å². The standard InChI is InChI=1S/C76H78BN3OS/c1-70(2,3)45-27-30-59-56(37-45)75(12)31-18-19-32-76(75,13)80(59)47-39-63-68-64(40-47)79(60-24-20-23-50-49-22-15-17-26-67(49)82-69(50)60)61-41-51-48-21-14-16-25-65(48)81-66(51)44-58(61)77(68)57-42-54-55(74(10,11)36-35-73(54,8)9)43-62(57)78(63)46-28-29-52-53(38-46)72(6,7)34-33-71(52,4)5/h14-17,20-30,37-44H,18-19,31-36H2,1-13H3. The summed E-state index contributed by atoms with van der Waals surface area (Å²) in [5.41, 5.74) is 24.9. The molecule has 3 aliphatic heterocycles. The van der Waals surface area contributed by atoms with Crippen molar-refractivity contribution in [2.45, 2.75) is 179 Å². The predicted octanol–water partition coefficient (Wildman–Crippen LogP) is 19.8. The summed E-state index contributed by atoms with van der Waals surface area (Å²) in [6.45, 7) is 32.2. The van der Waals surface area contributed by atoms with Gasteiger partial charge in [0.25, 0.3) is 6.71 Å². The van der Waals surface area contributed by atoms with E-state index in [1.807, 2.05) is 11.3 Å². The van der Waals surface area contributed by atoms with E-state index in [1.165, 1.54) is 141 Å².